The number of carbonyl (C=O) groups excluding carboxylic acids is 1. The highest BCUT2D eigenvalue weighted by Crippen LogP contribution is 2.13. The standard InChI is InChI=1S/C11H5F2NO2/c1-16-11(15)3-2-7-4-10(13)8(6-14)5-9(7)12/h4-5H,1H3. The number of nitriles is 1. The maximum absolute atomic E-state index is 13.2. The van der Waals surface area contributed by atoms with Gasteiger partial charge in [0.2, 0.25) is 0 Å². The van der Waals surface area contributed by atoms with Gasteiger partial charge in [-0.05, 0) is 12.1 Å². The van der Waals surface area contributed by atoms with Gasteiger partial charge in [0.25, 0.3) is 0 Å². The Bertz CT molecular complexity index is 535. The average Bonchev–Trinajstić information content (AvgIpc) is 2.29. The maximum atomic E-state index is 13.2. The number of nitrogens with zero attached hydrogens (tertiary/aromatic N) is 1. The van der Waals surface area contributed by atoms with E-state index in [9.17, 15) is 13.6 Å². The van der Waals surface area contributed by atoms with Gasteiger partial charge >= 0.3 is 5.97 Å². The van der Waals surface area contributed by atoms with Crippen molar-refractivity contribution in [1.29, 1.82) is 5.26 Å². The van der Waals surface area contributed by atoms with Crippen molar-refractivity contribution < 1.29 is 18.3 Å². The van der Waals surface area contributed by atoms with Crippen molar-refractivity contribution in [3.05, 3.63) is 34.9 Å². The predicted octanol–water partition coefficient (Wildman–Crippen LogP) is 1.36. The minimum atomic E-state index is -0.891. The highest BCUT2D eigenvalue weighted by Gasteiger charge is 2.08. The van der Waals surface area contributed by atoms with Gasteiger partial charge in [-0.1, -0.05) is 5.92 Å². The van der Waals surface area contributed by atoms with Crippen LogP contribution in [0.4, 0.5) is 8.78 Å². The summed E-state index contributed by atoms with van der Waals surface area (Å²) in [5.74, 6) is 1.45. The van der Waals surface area contributed by atoms with Crippen molar-refractivity contribution in [2.45, 2.75) is 0 Å². The second kappa shape index (κ2) is 4.90. The predicted molar refractivity (Wildman–Crippen MR) is 50.0 cm³/mol. The van der Waals surface area contributed by atoms with Crippen LogP contribution in [0, 0.1) is 34.8 Å². The molecule has 0 aliphatic heterocycles. The topological polar surface area (TPSA) is 50.1 Å². The Morgan fingerprint density at radius 1 is 1.31 bits per heavy atom. The molecule has 0 aliphatic rings. The third-order valence-electron chi connectivity index (χ3n) is 1.66. The van der Waals surface area contributed by atoms with Crippen molar-refractivity contribution in [2.24, 2.45) is 0 Å². The third kappa shape index (κ3) is 2.55. The molecule has 0 amide bonds. The minimum Gasteiger partial charge on any atom is -0.459 e. The monoisotopic (exact) mass is 221 g/mol. The minimum absolute atomic E-state index is 0.304. The Hall–Kier alpha value is -2.40. The molecule has 3 nitrogen and oxygen atoms in total. The van der Waals surface area contributed by atoms with Crippen molar-refractivity contribution >= 4 is 5.97 Å². The van der Waals surface area contributed by atoms with Crippen LogP contribution in [0.1, 0.15) is 11.1 Å². The summed E-state index contributed by atoms with van der Waals surface area (Å²) in [4.78, 5) is 10.6. The molecule has 1 rings (SSSR count). The number of methoxy groups -OCH3 is 1. The molecule has 0 aromatic heterocycles. The first-order chi connectivity index (χ1) is 7.58. The van der Waals surface area contributed by atoms with Crippen molar-refractivity contribution in [2.75, 3.05) is 7.11 Å². The summed E-state index contributed by atoms with van der Waals surface area (Å²) in [6.07, 6.45) is 0. The van der Waals surface area contributed by atoms with Crippen molar-refractivity contribution in [3.8, 4) is 17.9 Å². The lowest BCUT2D eigenvalue weighted by molar-refractivity contribution is -0.133. The number of hydrogen-bond acceptors (Lipinski definition) is 3. The Morgan fingerprint density at radius 2 is 1.88 bits per heavy atom. The van der Waals surface area contributed by atoms with Gasteiger partial charge < -0.3 is 4.74 Å². The Balaban J connectivity index is 3.16. The van der Waals surface area contributed by atoms with E-state index < -0.39 is 23.2 Å². The molecule has 1 aromatic rings. The first-order valence-electron chi connectivity index (χ1n) is 4.07. The number of halogens is 2. The normalized spacial score (nSPS) is 8.62. The smallest absolute Gasteiger partial charge is 0.384 e. The summed E-state index contributed by atoms with van der Waals surface area (Å²) in [6.45, 7) is 0. The molecule has 0 fully saturated rings. The molecule has 0 aliphatic carbocycles. The van der Waals surface area contributed by atoms with Crippen LogP contribution < -0.4 is 0 Å². The zero-order valence-corrected chi connectivity index (χ0v) is 8.17. The summed E-state index contributed by atoms with van der Waals surface area (Å²) >= 11 is 0. The van der Waals surface area contributed by atoms with Crippen LogP contribution in [0.5, 0.6) is 0 Å². The number of esters is 1. The quantitative estimate of drug-likeness (QED) is 0.491. The highest BCUT2D eigenvalue weighted by molar-refractivity contribution is 5.89. The molecule has 80 valence electrons. The molecule has 0 saturated heterocycles. The second-order valence-corrected chi connectivity index (χ2v) is 2.67. The summed E-state index contributed by atoms with van der Waals surface area (Å²) in [5.41, 5.74) is -0.719. The highest BCUT2D eigenvalue weighted by atomic mass is 19.1. The van der Waals surface area contributed by atoms with Crippen LogP contribution in [-0.4, -0.2) is 13.1 Å². The SMILES string of the molecule is COC(=O)C#Cc1cc(F)c(C#N)cc1F. The van der Waals surface area contributed by atoms with Gasteiger partial charge in [-0.25, -0.2) is 13.6 Å². The summed E-state index contributed by atoms with van der Waals surface area (Å²) in [6, 6.07) is 2.96. The molecule has 5 heteroatoms. The fourth-order valence-corrected chi connectivity index (χ4v) is 0.898. The molecule has 0 spiro atoms. The van der Waals surface area contributed by atoms with E-state index in [2.05, 4.69) is 10.7 Å². The van der Waals surface area contributed by atoms with Gasteiger partial charge in [0.1, 0.15) is 17.7 Å². The molecule has 16 heavy (non-hydrogen) atoms. The average molecular weight is 221 g/mol. The van der Waals surface area contributed by atoms with E-state index in [0.29, 0.717) is 0 Å². The number of benzene rings is 1. The molecule has 0 radical (unpaired) electrons. The Kier molecular flexibility index (Phi) is 3.58. The number of hydrogen-bond donors (Lipinski definition) is 0. The summed E-state index contributed by atoms with van der Waals surface area (Å²) in [5, 5.41) is 8.42. The lowest BCUT2D eigenvalue weighted by atomic mass is 10.1. The Morgan fingerprint density at radius 3 is 2.44 bits per heavy atom. The van der Waals surface area contributed by atoms with Crippen LogP contribution in [0.2, 0.25) is 0 Å². The number of ether oxygens (including phenoxy) is 1. The largest absolute Gasteiger partial charge is 0.459 e. The maximum Gasteiger partial charge on any atom is 0.384 e. The Labute approximate surface area is 90.3 Å². The molecular formula is C11H5F2NO2. The van der Waals surface area contributed by atoms with Crippen LogP contribution in [-0.2, 0) is 9.53 Å². The number of rotatable bonds is 0. The first-order valence-corrected chi connectivity index (χ1v) is 4.07. The fourth-order valence-electron chi connectivity index (χ4n) is 0.898. The van der Waals surface area contributed by atoms with Gasteiger partial charge in [0.15, 0.2) is 0 Å². The molecule has 0 atom stereocenters. The third-order valence-corrected chi connectivity index (χ3v) is 1.66. The summed E-state index contributed by atoms with van der Waals surface area (Å²) < 4.78 is 30.5. The van der Waals surface area contributed by atoms with Gasteiger partial charge in [0.05, 0.1) is 18.2 Å². The van der Waals surface area contributed by atoms with Crippen LogP contribution in [0.3, 0.4) is 0 Å². The van der Waals surface area contributed by atoms with E-state index >= 15 is 0 Å². The van der Waals surface area contributed by atoms with Crippen molar-refractivity contribution in [1.82, 2.24) is 0 Å². The van der Waals surface area contributed by atoms with E-state index in [0.717, 1.165) is 19.2 Å². The molecule has 0 saturated carbocycles. The van der Waals surface area contributed by atoms with Gasteiger partial charge in [-0.2, -0.15) is 5.26 Å². The van der Waals surface area contributed by atoms with Crippen LogP contribution >= 0.6 is 0 Å². The van der Waals surface area contributed by atoms with Gasteiger partial charge in [-0.15, -0.1) is 0 Å². The molecular weight excluding hydrogens is 216 g/mol. The van der Waals surface area contributed by atoms with Gasteiger partial charge in [0, 0.05) is 5.92 Å². The molecule has 0 unspecified atom stereocenters. The second-order valence-electron chi connectivity index (χ2n) is 2.67. The van der Waals surface area contributed by atoms with E-state index in [1.807, 2.05) is 5.92 Å². The summed E-state index contributed by atoms with van der Waals surface area (Å²) in [7, 11) is 1.12. The van der Waals surface area contributed by atoms with E-state index in [1.165, 1.54) is 6.07 Å². The van der Waals surface area contributed by atoms with Crippen molar-refractivity contribution in [3.63, 3.8) is 0 Å². The van der Waals surface area contributed by atoms with E-state index in [-0.39, 0.29) is 5.56 Å². The van der Waals surface area contributed by atoms with E-state index in [1.54, 1.807) is 0 Å². The number of carbonyl (C=O) groups is 1. The van der Waals surface area contributed by atoms with Crippen LogP contribution in [0.25, 0.3) is 0 Å². The molecule has 0 N–H and O–H groups in total. The molecule has 1 aromatic carbocycles. The molecule has 0 heterocycles. The van der Waals surface area contributed by atoms with Gasteiger partial charge in [-0.3, -0.25) is 0 Å². The lowest BCUT2D eigenvalue weighted by Gasteiger charge is -1.96. The first kappa shape index (κ1) is 11.7. The fraction of sp³-hybridized carbons (Fsp3) is 0.0909. The zero-order valence-electron chi connectivity index (χ0n) is 8.17. The lowest BCUT2D eigenvalue weighted by Crippen LogP contribution is -1.96. The van der Waals surface area contributed by atoms with Crippen LogP contribution in [0.15, 0.2) is 12.1 Å². The van der Waals surface area contributed by atoms with E-state index in [4.69, 9.17) is 5.26 Å². The zero-order chi connectivity index (χ0) is 12.1. The molecule has 0 bridgehead atoms.